The van der Waals surface area contributed by atoms with Crippen LogP contribution in [0.2, 0.25) is 0 Å². The highest BCUT2D eigenvalue weighted by Crippen LogP contribution is 2.28. The highest BCUT2D eigenvalue weighted by Gasteiger charge is 2.08. The third kappa shape index (κ3) is 2.76. The van der Waals surface area contributed by atoms with Gasteiger partial charge in [0.05, 0.1) is 5.69 Å². The van der Waals surface area contributed by atoms with Crippen molar-refractivity contribution in [2.45, 2.75) is 6.92 Å². The molecule has 2 aromatic rings. The molecular weight excluding hydrogens is 299 g/mol. The summed E-state index contributed by atoms with van der Waals surface area (Å²) >= 11 is 3.30. The van der Waals surface area contributed by atoms with Crippen LogP contribution in [0.5, 0.6) is 0 Å². The molecule has 0 aliphatic heterocycles. The van der Waals surface area contributed by atoms with Gasteiger partial charge in [0.25, 0.3) is 0 Å². The fourth-order valence-electron chi connectivity index (χ4n) is 1.51. The van der Waals surface area contributed by atoms with E-state index in [1.54, 1.807) is 32.2 Å². The van der Waals surface area contributed by atoms with E-state index in [1.165, 1.54) is 6.07 Å². The Morgan fingerprint density at radius 3 is 2.61 bits per heavy atom. The molecule has 6 heteroatoms. The molecule has 0 aliphatic rings. The maximum Gasteiger partial charge on any atom is 0.147 e. The molecule has 0 amide bonds. The number of halogens is 2. The van der Waals surface area contributed by atoms with Crippen LogP contribution in [0.15, 0.2) is 28.7 Å². The minimum Gasteiger partial charge on any atom is -0.373 e. The van der Waals surface area contributed by atoms with Crippen molar-refractivity contribution in [2.75, 3.05) is 17.7 Å². The number of hydrogen-bond acceptors (Lipinski definition) is 4. The Labute approximate surface area is 113 Å². The van der Waals surface area contributed by atoms with Crippen LogP contribution in [-0.2, 0) is 0 Å². The monoisotopic (exact) mass is 310 g/mol. The smallest absolute Gasteiger partial charge is 0.147 e. The zero-order chi connectivity index (χ0) is 13.1. The summed E-state index contributed by atoms with van der Waals surface area (Å²) in [6.07, 6.45) is 0. The van der Waals surface area contributed by atoms with E-state index < -0.39 is 0 Å². The Balaban J connectivity index is 2.37. The van der Waals surface area contributed by atoms with Gasteiger partial charge in [-0.05, 0) is 35.0 Å². The van der Waals surface area contributed by atoms with Gasteiger partial charge in [0, 0.05) is 17.6 Å². The zero-order valence-electron chi connectivity index (χ0n) is 9.96. The summed E-state index contributed by atoms with van der Waals surface area (Å²) in [6, 6.07) is 6.50. The van der Waals surface area contributed by atoms with E-state index in [2.05, 4.69) is 36.5 Å². The zero-order valence-corrected chi connectivity index (χ0v) is 11.5. The number of anilines is 3. The summed E-state index contributed by atoms with van der Waals surface area (Å²) in [4.78, 5) is 8.38. The van der Waals surface area contributed by atoms with Gasteiger partial charge in [0.2, 0.25) is 0 Å². The van der Waals surface area contributed by atoms with Gasteiger partial charge in [-0.25, -0.2) is 14.4 Å². The highest BCUT2D eigenvalue weighted by atomic mass is 79.9. The molecule has 0 unspecified atom stereocenters. The molecule has 94 valence electrons. The van der Waals surface area contributed by atoms with Gasteiger partial charge in [-0.1, -0.05) is 6.07 Å². The van der Waals surface area contributed by atoms with Crippen LogP contribution in [-0.4, -0.2) is 17.0 Å². The Hall–Kier alpha value is -1.69. The van der Waals surface area contributed by atoms with Crippen molar-refractivity contribution in [3.8, 4) is 0 Å². The second-order valence-corrected chi connectivity index (χ2v) is 4.51. The van der Waals surface area contributed by atoms with Crippen molar-refractivity contribution < 1.29 is 4.39 Å². The predicted molar refractivity (Wildman–Crippen MR) is 73.7 cm³/mol. The van der Waals surface area contributed by atoms with Crippen LogP contribution in [0.3, 0.4) is 0 Å². The van der Waals surface area contributed by atoms with Crippen LogP contribution >= 0.6 is 15.9 Å². The normalized spacial score (nSPS) is 10.2. The molecule has 0 fully saturated rings. The third-order valence-corrected chi connectivity index (χ3v) is 2.97. The lowest BCUT2D eigenvalue weighted by Crippen LogP contribution is -2.02. The topological polar surface area (TPSA) is 49.8 Å². The molecular formula is C12H12BrFN4. The van der Waals surface area contributed by atoms with Gasteiger partial charge in [-0.15, -0.1) is 0 Å². The fourth-order valence-corrected chi connectivity index (χ4v) is 1.95. The molecule has 0 atom stereocenters. The summed E-state index contributed by atoms with van der Waals surface area (Å²) in [6.45, 7) is 1.78. The summed E-state index contributed by atoms with van der Waals surface area (Å²) in [5, 5.41) is 5.87. The van der Waals surface area contributed by atoms with Gasteiger partial charge in [0.15, 0.2) is 0 Å². The number of aromatic nitrogens is 2. The number of para-hydroxylation sites is 1. The first-order valence-electron chi connectivity index (χ1n) is 5.34. The summed E-state index contributed by atoms with van der Waals surface area (Å²) in [5.74, 6) is 1.48. The van der Waals surface area contributed by atoms with Crippen LogP contribution in [0.1, 0.15) is 5.82 Å². The number of nitrogens with zero attached hydrogens (tertiary/aromatic N) is 2. The maximum atomic E-state index is 13.7. The van der Waals surface area contributed by atoms with Crippen molar-refractivity contribution in [3.63, 3.8) is 0 Å². The quantitative estimate of drug-likeness (QED) is 0.911. The highest BCUT2D eigenvalue weighted by molar-refractivity contribution is 9.10. The molecule has 1 aromatic heterocycles. The lowest BCUT2D eigenvalue weighted by molar-refractivity contribution is 0.631. The average Bonchev–Trinajstić information content (AvgIpc) is 2.33. The van der Waals surface area contributed by atoms with Crippen molar-refractivity contribution >= 4 is 33.3 Å². The summed E-state index contributed by atoms with van der Waals surface area (Å²) in [7, 11) is 1.77. The molecule has 1 aromatic carbocycles. The van der Waals surface area contributed by atoms with E-state index in [0.717, 1.165) is 0 Å². The molecule has 2 rings (SSSR count). The largest absolute Gasteiger partial charge is 0.373 e. The molecule has 4 nitrogen and oxygen atoms in total. The first-order chi connectivity index (χ1) is 8.60. The Kier molecular flexibility index (Phi) is 3.76. The van der Waals surface area contributed by atoms with Crippen molar-refractivity contribution in [2.24, 2.45) is 0 Å². The maximum absolute atomic E-state index is 13.7. The SMILES string of the molecule is CNc1cc(Nc2c(F)cccc2Br)nc(C)n1. The molecule has 0 bridgehead atoms. The van der Waals surface area contributed by atoms with E-state index >= 15 is 0 Å². The second-order valence-electron chi connectivity index (χ2n) is 3.66. The minimum absolute atomic E-state index is 0.341. The molecule has 0 spiro atoms. The van der Waals surface area contributed by atoms with E-state index in [1.807, 2.05) is 0 Å². The number of nitrogens with one attached hydrogen (secondary N) is 2. The molecule has 2 N–H and O–H groups in total. The van der Waals surface area contributed by atoms with Crippen LogP contribution < -0.4 is 10.6 Å². The van der Waals surface area contributed by atoms with Crippen LogP contribution in [0.25, 0.3) is 0 Å². The van der Waals surface area contributed by atoms with Crippen molar-refractivity contribution in [1.29, 1.82) is 0 Å². The number of hydrogen-bond donors (Lipinski definition) is 2. The Bertz CT molecular complexity index is 554. The van der Waals surface area contributed by atoms with Gasteiger partial charge in [0.1, 0.15) is 23.3 Å². The van der Waals surface area contributed by atoms with Gasteiger partial charge in [-0.3, -0.25) is 0 Å². The van der Waals surface area contributed by atoms with Crippen molar-refractivity contribution in [3.05, 3.63) is 40.4 Å². The lowest BCUT2D eigenvalue weighted by Gasteiger charge is -2.10. The standard InChI is InChI=1S/C12H12BrFN4/c1-7-16-10(15-2)6-11(17-7)18-12-8(13)4-3-5-9(12)14/h3-6H,1-2H3,(H2,15,16,17,18). The minimum atomic E-state index is -0.341. The molecule has 1 heterocycles. The van der Waals surface area contributed by atoms with E-state index in [4.69, 9.17) is 0 Å². The van der Waals surface area contributed by atoms with E-state index in [9.17, 15) is 4.39 Å². The van der Waals surface area contributed by atoms with Gasteiger partial charge >= 0.3 is 0 Å². The van der Waals surface area contributed by atoms with Gasteiger partial charge in [-0.2, -0.15) is 0 Å². The summed E-state index contributed by atoms with van der Waals surface area (Å²) < 4.78 is 14.3. The predicted octanol–water partition coefficient (Wildman–Crippen LogP) is 3.47. The molecule has 0 saturated carbocycles. The molecule has 0 aliphatic carbocycles. The molecule has 18 heavy (non-hydrogen) atoms. The van der Waals surface area contributed by atoms with E-state index in [-0.39, 0.29) is 5.82 Å². The van der Waals surface area contributed by atoms with E-state index in [0.29, 0.717) is 27.6 Å². The Morgan fingerprint density at radius 2 is 1.94 bits per heavy atom. The fraction of sp³-hybridized carbons (Fsp3) is 0.167. The van der Waals surface area contributed by atoms with Crippen LogP contribution in [0.4, 0.5) is 21.7 Å². The molecule has 0 saturated heterocycles. The van der Waals surface area contributed by atoms with Gasteiger partial charge < -0.3 is 10.6 Å². The third-order valence-electron chi connectivity index (χ3n) is 2.31. The first-order valence-corrected chi connectivity index (χ1v) is 6.14. The Morgan fingerprint density at radius 1 is 1.22 bits per heavy atom. The molecule has 0 radical (unpaired) electrons. The van der Waals surface area contributed by atoms with Crippen molar-refractivity contribution in [1.82, 2.24) is 9.97 Å². The number of aryl methyl sites for hydroxylation is 1. The first kappa shape index (κ1) is 12.8. The second kappa shape index (κ2) is 5.30. The number of rotatable bonds is 3. The number of benzene rings is 1. The lowest BCUT2D eigenvalue weighted by atomic mass is 10.3. The summed E-state index contributed by atoms with van der Waals surface area (Å²) in [5.41, 5.74) is 0.359. The van der Waals surface area contributed by atoms with Crippen LogP contribution in [0, 0.1) is 12.7 Å². The average molecular weight is 311 g/mol.